The Morgan fingerprint density at radius 3 is 2.67 bits per heavy atom. The average Bonchev–Trinajstić information content (AvgIpc) is 2.44. The molecule has 21 heavy (non-hydrogen) atoms. The van der Waals surface area contributed by atoms with Crippen molar-refractivity contribution in [2.75, 3.05) is 19.6 Å². The summed E-state index contributed by atoms with van der Waals surface area (Å²) in [5.74, 6) is 1.24. The van der Waals surface area contributed by atoms with Crippen LogP contribution in [0.3, 0.4) is 0 Å². The van der Waals surface area contributed by atoms with Crippen LogP contribution in [0.15, 0.2) is 0 Å². The molecule has 0 bridgehead atoms. The smallest absolute Gasteiger partial charge is 0.236 e. The predicted octanol–water partition coefficient (Wildman–Crippen LogP) is 2.38. The molecule has 0 aliphatic carbocycles. The van der Waals surface area contributed by atoms with Gasteiger partial charge in [-0.15, -0.1) is 0 Å². The van der Waals surface area contributed by atoms with Crippen molar-refractivity contribution in [2.45, 2.75) is 71.9 Å². The van der Waals surface area contributed by atoms with Crippen molar-refractivity contribution >= 4 is 5.91 Å². The van der Waals surface area contributed by atoms with E-state index >= 15 is 0 Å². The van der Waals surface area contributed by atoms with E-state index in [1.54, 1.807) is 0 Å². The number of nitrogens with two attached hydrogens (primary N) is 1. The second-order valence-electron chi connectivity index (χ2n) is 7.63. The minimum absolute atomic E-state index is 0.00104. The van der Waals surface area contributed by atoms with Crippen LogP contribution in [0, 0.1) is 11.8 Å². The number of piperidine rings is 1. The molecule has 0 radical (unpaired) electrons. The molecule has 0 aromatic heterocycles. The van der Waals surface area contributed by atoms with Gasteiger partial charge in [-0.25, -0.2) is 0 Å². The van der Waals surface area contributed by atoms with E-state index in [0.29, 0.717) is 12.5 Å². The maximum atomic E-state index is 12.1. The minimum Gasteiger partial charge on any atom is -0.353 e. The van der Waals surface area contributed by atoms with Crippen molar-refractivity contribution in [1.29, 1.82) is 0 Å². The molecule has 124 valence electrons. The Kier molecular flexibility index (Phi) is 7.14. The Balaban J connectivity index is 2.46. The van der Waals surface area contributed by atoms with E-state index in [9.17, 15) is 4.79 Å². The summed E-state index contributed by atoms with van der Waals surface area (Å²) in [6, 6.07) is -0.384. The second kappa shape index (κ2) is 8.14. The van der Waals surface area contributed by atoms with E-state index in [4.69, 9.17) is 5.73 Å². The van der Waals surface area contributed by atoms with Gasteiger partial charge in [0.2, 0.25) is 5.91 Å². The molecule has 1 rings (SSSR count). The summed E-state index contributed by atoms with van der Waals surface area (Å²) in [5.41, 5.74) is 5.94. The topological polar surface area (TPSA) is 58.4 Å². The van der Waals surface area contributed by atoms with E-state index in [-0.39, 0.29) is 17.5 Å². The first-order valence-corrected chi connectivity index (χ1v) is 8.54. The van der Waals surface area contributed by atoms with Gasteiger partial charge >= 0.3 is 0 Å². The van der Waals surface area contributed by atoms with Gasteiger partial charge in [0.25, 0.3) is 0 Å². The standard InChI is InChI=1S/C17H35N3O/c1-6-14-8-7-9-20(11-14)17(4,5)12-19-16(21)15(18)10-13(2)3/h13-15H,6-12,18H2,1-5H3,(H,19,21)/t14?,15-/m0/s1. The second-order valence-corrected chi connectivity index (χ2v) is 7.63. The monoisotopic (exact) mass is 297 g/mol. The molecule has 1 aliphatic heterocycles. The van der Waals surface area contributed by atoms with Crippen LogP contribution in [0.5, 0.6) is 0 Å². The molecule has 4 nitrogen and oxygen atoms in total. The molecule has 3 N–H and O–H groups in total. The van der Waals surface area contributed by atoms with Crippen molar-refractivity contribution in [1.82, 2.24) is 10.2 Å². The highest BCUT2D eigenvalue weighted by Crippen LogP contribution is 2.25. The van der Waals surface area contributed by atoms with Crippen molar-refractivity contribution in [3.8, 4) is 0 Å². The third kappa shape index (κ3) is 5.95. The van der Waals surface area contributed by atoms with E-state index < -0.39 is 0 Å². The summed E-state index contributed by atoms with van der Waals surface area (Å²) in [7, 11) is 0. The zero-order valence-corrected chi connectivity index (χ0v) is 14.6. The van der Waals surface area contributed by atoms with E-state index in [0.717, 1.165) is 25.4 Å². The molecular formula is C17H35N3O. The van der Waals surface area contributed by atoms with Crippen molar-refractivity contribution < 1.29 is 4.79 Å². The van der Waals surface area contributed by atoms with Crippen molar-refractivity contribution in [3.05, 3.63) is 0 Å². The van der Waals surface area contributed by atoms with Gasteiger partial charge < -0.3 is 11.1 Å². The summed E-state index contributed by atoms with van der Waals surface area (Å²) >= 11 is 0. The maximum absolute atomic E-state index is 12.1. The number of rotatable bonds is 7. The molecule has 1 unspecified atom stereocenters. The Hall–Kier alpha value is -0.610. The SMILES string of the molecule is CCC1CCCN(C(C)(C)CNC(=O)[C@@H](N)CC(C)C)C1. The number of carbonyl (C=O) groups is 1. The normalized spacial score (nSPS) is 22.3. The molecule has 0 aromatic carbocycles. The predicted molar refractivity (Wildman–Crippen MR) is 89.1 cm³/mol. The molecular weight excluding hydrogens is 262 g/mol. The molecule has 1 aliphatic rings. The Labute approximate surface area is 130 Å². The molecule has 0 aromatic rings. The number of carbonyl (C=O) groups excluding carboxylic acids is 1. The Morgan fingerprint density at radius 1 is 1.43 bits per heavy atom. The first-order chi connectivity index (χ1) is 9.76. The first kappa shape index (κ1) is 18.4. The zero-order valence-electron chi connectivity index (χ0n) is 14.6. The number of likely N-dealkylation sites (tertiary alicyclic amines) is 1. The molecule has 2 atom stereocenters. The summed E-state index contributed by atoms with van der Waals surface area (Å²) in [4.78, 5) is 14.6. The minimum atomic E-state index is -0.384. The highest BCUT2D eigenvalue weighted by Gasteiger charge is 2.31. The fourth-order valence-electron chi connectivity index (χ4n) is 3.11. The molecule has 1 heterocycles. The number of hydrogen-bond acceptors (Lipinski definition) is 3. The molecule has 1 saturated heterocycles. The van der Waals surface area contributed by atoms with E-state index in [1.807, 2.05) is 0 Å². The first-order valence-electron chi connectivity index (χ1n) is 8.54. The lowest BCUT2D eigenvalue weighted by Gasteiger charge is -2.43. The summed E-state index contributed by atoms with van der Waals surface area (Å²) in [5, 5.41) is 3.05. The molecule has 0 spiro atoms. The zero-order chi connectivity index (χ0) is 16.0. The van der Waals surface area contributed by atoms with Crippen LogP contribution in [-0.2, 0) is 4.79 Å². The van der Waals surface area contributed by atoms with Crippen molar-refractivity contribution in [2.24, 2.45) is 17.6 Å². The van der Waals surface area contributed by atoms with Crippen LogP contribution in [0.2, 0.25) is 0 Å². The number of hydrogen-bond donors (Lipinski definition) is 2. The highest BCUT2D eigenvalue weighted by molar-refractivity contribution is 5.81. The van der Waals surface area contributed by atoms with Crippen LogP contribution in [-0.4, -0.2) is 42.0 Å². The lowest BCUT2D eigenvalue weighted by atomic mass is 9.91. The maximum Gasteiger partial charge on any atom is 0.236 e. The number of nitrogens with zero attached hydrogens (tertiary/aromatic N) is 1. The third-order valence-corrected chi connectivity index (χ3v) is 4.71. The number of amides is 1. The van der Waals surface area contributed by atoms with Gasteiger partial charge in [-0.05, 0) is 51.5 Å². The number of nitrogens with one attached hydrogen (secondary N) is 1. The highest BCUT2D eigenvalue weighted by atomic mass is 16.2. The quantitative estimate of drug-likeness (QED) is 0.758. The lowest BCUT2D eigenvalue weighted by molar-refractivity contribution is -0.123. The van der Waals surface area contributed by atoms with Crippen LogP contribution in [0.1, 0.15) is 60.3 Å². The van der Waals surface area contributed by atoms with Crippen LogP contribution in [0.4, 0.5) is 0 Å². The van der Waals surface area contributed by atoms with Gasteiger partial charge in [0.05, 0.1) is 6.04 Å². The molecule has 1 fully saturated rings. The lowest BCUT2D eigenvalue weighted by Crippen LogP contribution is -2.56. The van der Waals surface area contributed by atoms with E-state index in [2.05, 4.69) is 44.8 Å². The van der Waals surface area contributed by atoms with Crippen molar-refractivity contribution in [3.63, 3.8) is 0 Å². The van der Waals surface area contributed by atoms with Gasteiger partial charge in [0.1, 0.15) is 0 Å². The Bertz CT molecular complexity index is 328. The van der Waals surface area contributed by atoms with Gasteiger partial charge in [0.15, 0.2) is 0 Å². The fourth-order valence-corrected chi connectivity index (χ4v) is 3.11. The third-order valence-electron chi connectivity index (χ3n) is 4.71. The Morgan fingerprint density at radius 2 is 2.10 bits per heavy atom. The van der Waals surface area contributed by atoms with E-state index in [1.165, 1.54) is 19.3 Å². The van der Waals surface area contributed by atoms with Gasteiger partial charge in [-0.3, -0.25) is 9.69 Å². The summed E-state index contributed by atoms with van der Waals surface area (Å²) < 4.78 is 0. The summed E-state index contributed by atoms with van der Waals surface area (Å²) in [6.45, 7) is 13.9. The van der Waals surface area contributed by atoms with Gasteiger partial charge in [-0.2, -0.15) is 0 Å². The van der Waals surface area contributed by atoms with Crippen LogP contribution >= 0.6 is 0 Å². The molecule has 1 amide bonds. The fraction of sp³-hybridized carbons (Fsp3) is 0.941. The largest absolute Gasteiger partial charge is 0.353 e. The van der Waals surface area contributed by atoms with Gasteiger partial charge in [-0.1, -0.05) is 27.2 Å². The van der Waals surface area contributed by atoms with Crippen LogP contribution < -0.4 is 11.1 Å². The molecule has 4 heteroatoms. The molecule has 0 saturated carbocycles. The average molecular weight is 297 g/mol. The summed E-state index contributed by atoms with van der Waals surface area (Å²) in [6.07, 6.45) is 4.60. The van der Waals surface area contributed by atoms with Gasteiger partial charge in [0, 0.05) is 18.6 Å². The van der Waals surface area contributed by atoms with Crippen LogP contribution in [0.25, 0.3) is 0 Å².